The van der Waals surface area contributed by atoms with Crippen molar-refractivity contribution in [2.75, 3.05) is 4.90 Å². The van der Waals surface area contributed by atoms with Gasteiger partial charge in [-0.05, 0) is 105 Å². The Morgan fingerprint density at radius 3 is 1.70 bits per heavy atom. The van der Waals surface area contributed by atoms with Crippen molar-refractivity contribution in [1.82, 2.24) is 4.57 Å². The normalized spacial score (nSPS) is 11.6. The van der Waals surface area contributed by atoms with Gasteiger partial charge in [-0.3, -0.25) is 0 Å². The first-order chi connectivity index (χ1) is 30.2. The lowest BCUT2D eigenvalue weighted by Gasteiger charge is -2.26. The van der Waals surface area contributed by atoms with Crippen LogP contribution in [0.5, 0.6) is 0 Å². The monoisotopic (exact) mass is 778 g/mol. The van der Waals surface area contributed by atoms with Crippen LogP contribution in [0.2, 0.25) is 0 Å². The molecule has 0 spiro atoms. The maximum Gasteiger partial charge on any atom is 0.143 e. The number of hydrogen-bond acceptors (Lipinski definition) is 2. The number of para-hydroxylation sites is 3. The molecule has 0 N–H and O–H groups in total. The van der Waals surface area contributed by atoms with Gasteiger partial charge in [0.25, 0.3) is 0 Å². The lowest BCUT2D eigenvalue weighted by Crippen LogP contribution is -2.10. The minimum absolute atomic E-state index is 0.889. The summed E-state index contributed by atoms with van der Waals surface area (Å²) in [5.74, 6) is 0. The Hall–Kier alpha value is -8.14. The predicted molar refractivity (Wildman–Crippen MR) is 257 cm³/mol. The number of anilines is 3. The van der Waals surface area contributed by atoms with E-state index >= 15 is 0 Å². The molecular weight excluding hydrogens is 741 g/mol. The number of furan rings is 1. The van der Waals surface area contributed by atoms with E-state index in [0.717, 1.165) is 72.5 Å². The standard InChI is InChI=1S/C58H38N2O/c1-3-13-41(14-4-1)50-22-12-23-53-54-37-43(29-36-57(54)61-58(50)53)39-25-30-45(31-26-39)59(46-32-27-42(28-33-46)49-21-11-16-40-15-7-8-19-48(40)49)47-34-35-52-51-20-9-10-24-55(51)60(56(52)38-47)44-17-5-2-6-18-44/h1-38H. The molecule has 3 nitrogen and oxygen atoms in total. The van der Waals surface area contributed by atoms with Crippen LogP contribution in [0.25, 0.3) is 93.6 Å². The van der Waals surface area contributed by atoms with E-state index in [1.54, 1.807) is 0 Å². The Morgan fingerprint density at radius 2 is 0.902 bits per heavy atom. The highest BCUT2D eigenvalue weighted by atomic mass is 16.3. The average Bonchev–Trinajstić information content (AvgIpc) is 3.88. The molecule has 0 saturated heterocycles. The molecular formula is C58H38N2O. The quantitative estimate of drug-likeness (QED) is 0.161. The molecule has 3 heteroatoms. The van der Waals surface area contributed by atoms with Crippen molar-refractivity contribution in [2.45, 2.75) is 0 Å². The maximum absolute atomic E-state index is 6.51. The summed E-state index contributed by atoms with van der Waals surface area (Å²) in [5.41, 5.74) is 15.5. The fourth-order valence-corrected chi connectivity index (χ4v) is 9.29. The zero-order chi connectivity index (χ0) is 40.3. The highest BCUT2D eigenvalue weighted by Gasteiger charge is 2.19. The molecule has 61 heavy (non-hydrogen) atoms. The molecule has 2 heterocycles. The predicted octanol–water partition coefficient (Wildman–Crippen LogP) is 16.3. The zero-order valence-electron chi connectivity index (χ0n) is 33.2. The van der Waals surface area contributed by atoms with Crippen LogP contribution in [0, 0.1) is 0 Å². The first-order valence-electron chi connectivity index (χ1n) is 20.8. The summed E-state index contributed by atoms with van der Waals surface area (Å²) in [6, 6.07) is 82.9. The molecule has 0 fully saturated rings. The Bertz CT molecular complexity index is 3560. The average molecular weight is 779 g/mol. The van der Waals surface area contributed by atoms with E-state index in [4.69, 9.17) is 4.42 Å². The summed E-state index contributed by atoms with van der Waals surface area (Å²) in [6.07, 6.45) is 0. The molecule has 0 amide bonds. The molecule has 0 bridgehead atoms. The lowest BCUT2D eigenvalue weighted by molar-refractivity contribution is 0.670. The van der Waals surface area contributed by atoms with Gasteiger partial charge in [0.1, 0.15) is 11.2 Å². The largest absolute Gasteiger partial charge is 0.455 e. The van der Waals surface area contributed by atoms with Crippen molar-refractivity contribution in [3.63, 3.8) is 0 Å². The Morgan fingerprint density at radius 1 is 0.328 bits per heavy atom. The molecule has 0 saturated carbocycles. The van der Waals surface area contributed by atoms with E-state index in [9.17, 15) is 0 Å². The van der Waals surface area contributed by atoms with Crippen LogP contribution in [-0.2, 0) is 0 Å². The number of benzene rings is 10. The molecule has 0 aliphatic carbocycles. The van der Waals surface area contributed by atoms with Crippen LogP contribution in [-0.4, -0.2) is 4.57 Å². The molecule has 12 rings (SSSR count). The second-order valence-electron chi connectivity index (χ2n) is 15.7. The Labute approximate surface area is 353 Å². The fraction of sp³-hybridized carbons (Fsp3) is 0. The van der Waals surface area contributed by atoms with Crippen LogP contribution in [0.15, 0.2) is 235 Å². The highest BCUT2D eigenvalue weighted by Crippen LogP contribution is 2.42. The minimum Gasteiger partial charge on any atom is -0.455 e. The summed E-state index contributed by atoms with van der Waals surface area (Å²) in [4.78, 5) is 2.38. The smallest absolute Gasteiger partial charge is 0.143 e. The van der Waals surface area contributed by atoms with Crippen molar-refractivity contribution in [1.29, 1.82) is 0 Å². The van der Waals surface area contributed by atoms with E-state index in [-0.39, 0.29) is 0 Å². The molecule has 10 aromatic carbocycles. The molecule has 0 aliphatic rings. The van der Waals surface area contributed by atoms with E-state index in [0.29, 0.717) is 0 Å². The van der Waals surface area contributed by atoms with Crippen LogP contribution >= 0.6 is 0 Å². The summed E-state index contributed by atoms with van der Waals surface area (Å²) >= 11 is 0. The van der Waals surface area contributed by atoms with Crippen molar-refractivity contribution < 1.29 is 4.42 Å². The Balaban J connectivity index is 0.983. The zero-order valence-corrected chi connectivity index (χ0v) is 33.2. The van der Waals surface area contributed by atoms with Gasteiger partial charge in [0.2, 0.25) is 0 Å². The SMILES string of the molecule is c1ccc(-c2cccc3c2oc2ccc(-c4ccc(N(c5ccc(-c6cccc7ccccc67)cc5)c5ccc6c7ccccc7n(-c7ccccc7)c6c5)cc4)cc23)cc1. The Kier molecular flexibility index (Phi) is 8.17. The van der Waals surface area contributed by atoms with Gasteiger partial charge in [0, 0.05) is 49.9 Å². The molecule has 0 radical (unpaired) electrons. The summed E-state index contributed by atoms with van der Waals surface area (Å²) in [7, 11) is 0. The van der Waals surface area contributed by atoms with Crippen molar-refractivity contribution in [3.8, 4) is 39.1 Å². The molecule has 286 valence electrons. The third-order valence-electron chi connectivity index (χ3n) is 12.2. The second-order valence-corrected chi connectivity index (χ2v) is 15.7. The van der Waals surface area contributed by atoms with Crippen LogP contribution < -0.4 is 4.90 Å². The van der Waals surface area contributed by atoms with Gasteiger partial charge in [-0.15, -0.1) is 0 Å². The molecule has 2 aromatic heterocycles. The molecule has 0 unspecified atom stereocenters. The van der Waals surface area contributed by atoms with Crippen molar-refractivity contribution >= 4 is 71.6 Å². The summed E-state index contributed by atoms with van der Waals surface area (Å²) in [5, 5.41) is 7.19. The van der Waals surface area contributed by atoms with Crippen LogP contribution in [0.1, 0.15) is 0 Å². The topological polar surface area (TPSA) is 21.3 Å². The number of fused-ring (bicyclic) bond motifs is 7. The van der Waals surface area contributed by atoms with Crippen molar-refractivity contribution in [3.05, 3.63) is 231 Å². The van der Waals surface area contributed by atoms with Gasteiger partial charge in [-0.25, -0.2) is 0 Å². The van der Waals surface area contributed by atoms with E-state index in [1.165, 1.54) is 38.2 Å². The summed E-state index contributed by atoms with van der Waals surface area (Å²) in [6.45, 7) is 0. The van der Waals surface area contributed by atoms with Crippen LogP contribution in [0.3, 0.4) is 0 Å². The second kappa shape index (κ2) is 14.3. The third-order valence-corrected chi connectivity index (χ3v) is 12.2. The molecule has 0 aliphatic heterocycles. The van der Waals surface area contributed by atoms with Gasteiger partial charge in [-0.2, -0.15) is 0 Å². The molecule has 0 atom stereocenters. The van der Waals surface area contributed by atoms with Gasteiger partial charge >= 0.3 is 0 Å². The van der Waals surface area contributed by atoms with Gasteiger partial charge in [0.05, 0.1) is 11.0 Å². The van der Waals surface area contributed by atoms with Crippen LogP contribution in [0.4, 0.5) is 17.1 Å². The number of aromatic nitrogens is 1. The fourth-order valence-electron chi connectivity index (χ4n) is 9.29. The van der Waals surface area contributed by atoms with E-state index in [1.807, 2.05) is 6.07 Å². The number of rotatable bonds is 7. The van der Waals surface area contributed by atoms with Gasteiger partial charge < -0.3 is 13.9 Å². The first-order valence-corrected chi connectivity index (χ1v) is 20.8. The number of hydrogen-bond donors (Lipinski definition) is 0. The lowest BCUT2D eigenvalue weighted by atomic mass is 9.98. The summed E-state index contributed by atoms with van der Waals surface area (Å²) < 4.78 is 8.90. The maximum atomic E-state index is 6.51. The minimum atomic E-state index is 0.889. The van der Waals surface area contributed by atoms with Gasteiger partial charge in [0.15, 0.2) is 0 Å². The highest BCUT2D eigenvalue weighted by molar-refractivity contribution is 6.12. The van der Waals surface area contributed by atoms with E-state index in [2.05, 4.69) is 234 Å². The number of nitrogens with zero attached hydrogens (tertiary/aromatic N) is 2. The third kappa shape index (κ3) is 5.90. The molecule has 12 aromatic rings. The first kappa shape index (κ1) is 34.9. The van der Waals surface area contributed by atoms with E-state index < -0.39 is 0 Å². The van der Waals surface area contributed by atoms with Crippen molar-refractivity contribution in [2.24, 2.45) is 0 Å². The van der Waals surface area contributed by atoms with Gasteiger partial charge in [-0.1, -0.05) is 164 Å².